The first-order valence-electron chi connectivity index (χ1n) is 6.65. The molecule has 0 radical (unpaired) electrons. The van der Waals surface area contributed by atoms with Crippen LogP contribution < -0.4 is 5.32 Å². The van der Waals surface area contributed by atoms with Crippen molar-refractivity contribution in [1.82, 2.24) is 5.32 Å². The molecule has 0 heterocycles. The highest BCUT2D eigenvalue weighted by atomic mass is 16.5. The minimum absolute atomic E-state index is 0.136. The van der Waals surface area contributed by atoms with Gasteiger partial charge in [-0.3, -0.25) is 4.79 Å². The molecular weight excluding hydrogens is 218 g/mol. The summed E-state index contributed by atoms with van der Waals surface area (Å²) in [5, 5.41) is 3.00. The smallest absolute Gasteiger partial charge is 0.320 e. The van der Waals surface area contributed by atoms with E-state index in [0.29, 0.717) is 13.2 Å². The molecular formula is C13H25NO3. The number of hydrogen-bond donors (Lipinski definition) is 1. The number of rotatable bonds is 7. The molecule has 100 valence electrons. The molecule has 17 heavy (non-hydrogen) atoms. The molecule has 0 spiro atoms. The molecule has 0 aromatic carbocycles. The first-order chi connectivity index (χ1) is 8.26. The van der Waals surface area contributed by atoms with Crippen LogP contribution in [0.15, 0.2) is 0 Å². The van der Waals surface area contributed by atoms with Gasteiger partial charge < -0.3 is 14.8 Å². The fourth-order valence-electron chi connectivity index (χ4n) is 2.31. The molecule has 4 heteroatoms. The monoisotopic (exact) mass is 243 g/mol. The highest BCUT2D eigenvalue weighted by molar-refractivity contribution is 5.71. The summed E-state index contributed by atoms with van der Waals surface area (Å²) in [6.45, 7) is 3.81. The number of carbonyl (C=O) groups is 1. The molecule has 0 amide bonds. The van der Waals surface area contributed by atoms with Crippen LogP contribution in [-0.2, 0) is 14.3 Å². The van der Waals surface area contributed by atoms with Gasteiger partial charge in [-0.05, 0) is 25.2 Å². The number of esters is 1. The van der Waals surface area contributed by atoms with Crippen molar-refractivity contribution in [3.8, 4) is 0 Å². The minimum Gasteiger partial charge on any atom is -0.461 e. The Balaban J connectivity index is 2.12. The summed E-state index contributed by atoms with van der Waals surface area (Å²) in [5.41, 5.74) is 0. The van der Waals surface area contributed by atoms with Gasteiger partial charge in [0.2, 0.25) is 0 Å². The van der Waals surface area contributed by atoms with Crippen molar-refractivity contribution in [1.29, 1.82) is 0 Å². The number of hydrogen-bond acceptors (Lipinski definition) is 4. The van der Waals surface area contributed by atoms with Crippen LogP contribution in [-0.4, -0.2) is 38.9 Å². The Bertz CT molecular complexity index is 221. The van der Waals surface area contributed by atoms with E-state index >= 15 is 0 Å². The molecule has 0 aromatic rings. The quantitative estimate of drug-likeness (QED) is 0.546. The molecule has 0 saturated heterocycles. The molecule has 1 N–H and O–H groups in total. The molecule has 1 aliphatic carbocycles. The van der Waals surface area contributed by atoms with Gasteiger partial charge in [0.05, 0.1) is 13.2 Å². The molecule has 4 nitrogen and oxygen atoms in total. The third kappa shape index (κ3) is 6.03. The van der Waals surface area contributed by atoms with Crippen molar-refractivity contribution < 1.29 is 14.3 Å². The molecule has 0 aliphatic heterocycles. The fourth-order valence-corrected chi connectivity index (χ4v) is 2.31. The Morgan fingerprint density at radius 1 is 1.41 bits per heavy atom. The SMILES string of the molecule is CCC1CCCC(OC(=O)CNCCOC)C1. The lowest BCUT2D eigenvalue weighted by Crippen LogP contribution is -2.32. The maximum Gasteiger partial charge on any atom is 0.320 e. The van der Waals surface area contributed by atoms with E-state index in [2.05, 4.69) is 12.2 Å². The lowest BCUT2D eigenvalue weighted by molar-refractivity contribution is -0.150. The van der Waals surface area contributed by atoms with E-state index < -0.39 is 0 Å². The first-order valence-corrected chi connectivity index (χ1v) is 6.65. The lowest BCUT2D eigenvalue weighted by atomic mass is 9.85. The van der Waals surface area contributed by atoms with Gasteiger partial charge in [-0.2, -0.15) is 0 Å². The summed E-state index contributed by atoms with van der Waals surface area (Å²) >= 11 is 0. The van der Waals surface area contributed by atoms with E-state index in [4.69, 9.17) is 9.47 Å². The van der Waals surface area contributed by atoms with Gasteiger partial charge in [0, 0.05) is 13.7 Å². The van der Waals surface area contributed by atoms with Gasteiger partial charge in [0.25, 0.3) is 0 Å². The molecule has 0 aromatic heterocycles. The predicted molar refractivity (Wildman–Crippen MR) is 66.9 cm³/mol. The van der Waals surface area contributed by atoms with Crippen molar-refractivity contribution in [3.63, 3.8) is 0 Å². The van der Waals surface area contributed by atoms with Crippen LogP contribution in [0.2, 0.25) is 0 Å². The van der Waals surface area contributed by atoms with Crippen LogP contribution in [0.5, 0.6) is 0 Å². The van der Waals surface area contributed by atoms with Gasteiger partial charge >= 0.3 is 5.97 Å². The third-order valence-corrected chi connectivity index (χ3v) is 3.36. The molecule has 1 aliphatic rings. The molecule has 1 fully saturated rings. The predicted octanol–water partition coefficient (Wildman–Crippen LogP) is 1.73. The summed E-state index contributed by atoms with van der Waals surface area (Å²) in [4.78, 5) is 11.5. The average Bonchev–Trinajstić information content (AvgIpc) is 2.35. The Hall–Kier alpha value is -0.610. The van der Waals surface area contributed by atoms with Crippen LogP contribution in [0.1, 0.15) is 39.0 Å². The van der Waals surface area contributed by atoms with Crippen molar-refractivity contribution in [2.45, 2.75) is 45.1 Å². The Labute approximate surface area is 104 Å². The van der Waals surface area contributed by atoms with Gasteiger partial charge in [-0.1, -0.05) is 19.8 Å². The van der Waals surface area contributed by atoms with E-state index in [-0.39, 0.29) is 18.6 Å². The normalized spacial score (nSPS) is 24.6. The van der Waals surface area contributed by atoms with E-state index in [1.54, 1.807) is 7.11 Å². The number of carbonyl (C=O) groups excluding carboxylic acids is 1. The minimum atomic E-state index is -0.136. The van der Waals surface area contributed by atoms with Crippen LogP contribution in [0.3, 0.4) is 0 Å². The zero-order valence-corrected chi connectivity index (χ0v) is 11.0. The summed E-state index contributed by atoms with van der Waals surface area (Å²) in [6, 6.07) is 0. The molecule has 2 atom stereocenters. The van der Waals surface area contributed by atoms with E-state index in [1.807, 2.05) is 0 Å². The molecule has 0 bridgehead atoms. The highest BCUT2D eigenvalue weighted by Crippen LogP contribution is 2.28. The Morgan fingerprint density at radius 3 is 2.94 bits per heavy atom. The summed E-state index contributed by atoms with van der Waals surface area (Å²) in [5.74, 6) is 0.603. The lowest BCUT2D eigenvalue weighted by Gasteiger charge is -2.28. The summed E-state index contributed by atoms with van der Waals surface area (Å²) in [7, 11) is 1.65. The second-order valence-corrected chi connectivity index (χ2v) is 4.72. The second-order valence-electron chi connectivity index (χ2n) is 4.72. The van der Waals surface area contributed by atoms with E-state index in [0.717, 1.165) is 18.8 Å². The summed E-state index contributed by atoms with van der Waals surface area (Å²) < 4.78 is 10.3. The van der Waals surface area contributed by atoms with Gasteiger partial charge in [-0.15, -0.1) is 0 Å². The Morgan fingerprint density at radius 2 is 2.24 bits per heavy atom. The molecule has 1 rings (SSSR count). The zero-order valence-electron chi connectivity index (χ0n) is 11.0. The van der Waals surface area contributed by atoms with Crippen LogP contribution >= 0.6 is 0 Å². The Kier molecular flexibility index (Phi) is 7.21. The zero-order chi connectivity index (χ0) is 12.5. The van der Waals surface area contributed by atoms with Crippen LogP contribution in [0.25, 0.3) is 0 Å². The fraction of sp³-hybridized carbons (Fsp3) is 0.923. The average molecular weight is 243 g/mol. The number of nitrogens with one attached hydrogen (secondary N) is 1. The maximum atomic E-state index is 11.5. The van der Waals surface area contributed by atoms with Gasteiger partial charge in [-0.25, -0.2) is 0 Å². The third-order valence-electron chi connectivity index (χ3n) is 3.36. The first kappa shape index (κ1) is 14.5. The number of ether oxygens (including phenoxy) is 2. The van der Waals surface area contributed by atoms with Crippen molar-refractivity contribution in [2.75, 3.05) is 26.8 Å². The number of methoxy groups -OCH3 is 1. The van der Waals surface area contributed by atoms with Gasteiger partial charge in [0.15, 0.2) is 0 Å². The van der Waals surface area contributed by atoms with Crippen LogP contribution in [0, 0.1) is 5.92 Å². The topological polar surface area (TPSA) is 47.6 Å². The van der Waals surface area contributed by atoms with Crippen molar-refractivity contribution in [2.24, 2.45) is 5.92 Å². The van der Waals surface area contributed by atoms with E-state index in [9.17, 15) is 4.79 Å². The highest BCUT2D eigenvalue weighted by Gasteiger charge is 2.23. The van der Waals surface area contributed by atoms with Gasteiger partial charge in [0.1, 0.15) is 6.10 Å². The summed E-state index contributed by atoms with van der Waals surface area (Å²) in [6.07, 6.45) is 5.88. The van der Waals surface area contributed by atoms with Crippen molar-refractivity contribution >= 4 is 5.97 Å². The maximum absolute atomic E-state index is 11.5. The molecule has 1 saturated carbocycles. The van der Waals surface area contributed by atoms with Crippen molar-refractivity contribution in [3.05, 3.63) is 0 Å². The second kappa shape index (κ2) is 8.48. The standard InChI is InChI=1S/C13H25NO3/c1-3-11-5-4-6-12(9-11)17-13(15)10-14-7-8-16-2/h11-12,14H,3-10H2,1-2H3. The van der Waals surface area contributed by atoms with E-state index in [1.165, 1.54) is 19.3 Å². The largest absolute Gasteiger partial charge is 0.461 e. The van der Waals surface area contributed by atoms with Crippen LogP contribution in [0.4, 0.5) is 0 Å². The molecule has 2 unspecified atom stereocenters.